The van der Waals surface area contributed by atoms with Gasteiger partial charge in [-0.1, -0.05) is 18.2 Å². The van der Waals surface area contributed by atoms with Gasteiger partial charge < -0.3 is 0 Å². The van der Waals surface area contributed by atoms with Crippen molar-refractivity contribution in [3.05, 3.63) is 36.2 Å². The number of rotatable bonds is 0. The molecule has 0 aliphatic carbocycles. The summed E-state index contributed by atoms with van der Waals surface area (Å²) in [7, 11) is 1.29. The molecule has 0 spiro atoms. The molecule has 2 heterocycles. The molecule has 0 bridgehead atoms. The van der Waals surface area contributed by atoms with Crippen LogP contribution in [0.15, 0.2) is 30.5 Å². The predicted molar refractivity (Wildman–Crippen MR) is 61.0 cm³/mol. The summed E-state index contributed by atoms with van der Waals surface area (Å²) in [4.78, 5) is 4.04. The van der Waals surface area contributed by atoms with Crippen molar-refractivity contribution in [2.24, 2.45) is 7.05 Å². The third-order valence-corrected chi connectivity index (χ3v) is 2.84. The Morgan fingerprint density at radius 3 is 2.56 bits per heavy atom. The fraction of sp³-hybridized carbons (Fsp3) is 0.167. The van der Waals surface area contributed by atoms with Gasteiger partial charge in [-0.3, -0.25) is 9.67 Å². The summed E-state index contributed by atoms with van der Waals surface area (Å²) in [6, 6.07) is 7.01. The summed E-state index contributed by atoms with van der Waals surface area (Å²) in [5, 5.41) is 4.62. The minimum Gasteiger partial charge on any atom is -0.262 e. The molecule has 18 heavy (non-hydrogen) atoms. The lowest BCUT2D eigenvalue weighted by atomic mass is 10.1. The SMILES string of the molecule is Cn1nc2c(cnc3ccccc32)c1C(F)(F)F. The van der Waals surface area contributed by atoms with Crippen molar-refractivity contribution in [3.8, 4) is 0 Å². The molecular formula is C12H8F3N3. The van der Waals surface area contributed by atoms with E-state index in [1.165, 1.54) is 13.2 Å². The summed E-state index contributed by atoms with van der Waals surface area (Å²) >= 11 is 0. The fourth-order valence-electron chi connectivity index (χ4n) is 2.12. The van der Waals surface area contributed by atoms with Crippen LogP contribution < -0.4 is 0 Å². The van der Waals surface area contributed by atoms with Crippen molar-refractivity contribution in [2.75, 3.05) is 0 Å². The maximum absolute atomic E-state index is 12.9. The van der Waals surface area contributed by atoms with Gasteiger partial charge in [-0.25, -0.2) is 0 Å². The molecule has 0 N–H and O–H groups in total. The molecule has 0 aliphatic rings. The molecule has 0 saturated carbocycles. The first-order valence-electron chi connectivity index (χ1n) is 5.26. The normalized spacial score (nSPS) is 12.4. The van der Waals surface area contributed by atoms with Crippen LogP contribution in [0, 0.1) is 0 Å². The molecule has 3 aromatic rings. The zero-order valence-corrected chi connectivity index (χ0v) is 9.36. The second-order valence-electron chi connectivity index (χ2n) is 4.01. The molecule has 2 aromatic heterocycles. The van der Waals surface area contributed by atoms with E-state index in [-0.39, 0.29) is 5.39 Å². The van der Waals surface area contributed by atoms with Crippen LogP contribution in [0.2, 0.25) is 0 Å². The van der Waals surface area contributed by atoms with Crippen molar-refractivity contribution in [3.63, 3.8) is 0 Å². The zero-order valence-electron chi connectivity index (χ0n) is 9.36. The maximum Gasteiger partial charge on any atom is 0.433 e. The molecule has 6 heteroatoms. The van der Waals surface area contributed by atoms with Crippen molar-refractivity contribution < 1.29 is 13.2 Å². The highest BCUT2D eigenvalue weighted by Gasteiger charge is 2.37. The minimum absolute atomic E-state index is 0.0312. The molecule has 0 unspecified atom stereocenters. The average molecular weight is 251 g/mol. The van der Waals surface area contributed by atoms with Gasteiger partial charge >= 0.3 is 6.18 Å². The van der Waals surface area contributed by atoms with Gasteiger partial charge in [0.25, 0.3) is 0 Å². The van der Waals surface area contributed by atoms with Gasteiger partial charge in [-0.2, -0.15) is 18.3 Å². The number of pyridine rings is 1. The second kappa shape index (κ2) is 3.44. The highest BCUT2D eigenvalue weighted by atomic mass is 19.4. The van der Waals surface area contributed by atoms with E-state index < -0.39 is 11.9 Å². The van der Waals surface area contributed by atoms with Crippen LogP contribution >= 0.6 is 0 Å². The van der Waals surface area contributed by atoms with Crippen LogP contribution in [0.3, 0.4) is 0 Å². The van der Waals surface area contributed by atoms with E-state index in [2.05, 4.69) is 10.1 Å². The van der Waals surface area contributed by atoms with Crippen LogP contribution in [0.1, 0.15) is 5.69 Å². The number of aromatic nitrogens is 3. The van der Waals surface area contributed by atoms with E-state index >= 15 is 0 Å². The third-order valence-electron chi connectivity index (χ3n) is 2.84. The molecule has 1 aromatic carbocycles. The molecule has 0 aliphatic heterocycles. The highest BCUT2D eigenvalue weighted by molar-refractivity contribution is 6.03. The second-order valence-corrected chi connectivity index (χ2v) is 4.01. The van der Waals surface area contributed by atoms with Crippen molar-refractivity contribution >= 4 is 21.8 Å². The van der Waals surface area contributed by atoms with E-state index in [0.29, 0.717) is 16.4 Å². The maximum atomic E-state index is 12.9. The quantitative estimate of drug-likeness (QED) is 0.614. The van der Waals surface area contributed by atoms with E-state index in [9.17, 15) is 13.2 Å². The summed E-state index contributed by atoms with van der Waals surface area (Å²) in [6.07, 6.45) is -3.21. The molecule has 3 rings (SSSR count). The van der Waals surface area contributed by atoms with E-state index in [0.717, 1.165) is 4.68 Å². The Hall–Kier alpha value is -2.11. The van der Waals surface area contributed by atoms with Crippen molar-refractivity contribution in [1.82, 2.24) is 14.8 Å². The van der Waals surface area contributed by atoms with Gasteiger partial charge in [0.2, 0.25) is 0 Å². The fourth-order valence-corrected chi connectivity index (χ4v) is 2.12. The van der Waals surface area contributed by atoms with E-state index in [4.69, 9.17) is 0 Å². The predicted octanol–water partition coefficient (Wildman–Crippen LogP) is 3.14. The first-order valence-corrected chi connectivity index (χ1v) is 5.26. The van der Waals surface area contributed by atoms with Gasteiger partial charge in [0.1, 0.15) is 5.52 Å². The zero-order chi connectivity index (χ0) is 12.9. The number of aryl methyl sites for hydroxylation is 1. The van der Waals surface area contributed by atoms with Gasteiger partial charge in [0.05, 0.1) is 10.9 Å². The monoisotopic (exact) mass is 251 g/mol. The third kappa shape index (κ3) is 1.45. The number of alkyl halides is 3. The van der Waals surface area contributed by atoms with Crippen LogP contribution in [0.5, 0.6) is 0 Å². The number of hydrogen-bond acceptors (Lipinski definition) is 2. The molecule has 0 amide bonds. The van der Waals surface area contributed by atoms with Gasteiger partial charge in [0, 0.05) is 18.6 Å². The standard InChI is InChI=1S/C12H8F3N3/c1-18-11(12(13,14)15)8-6-16-9-5-3-2-4-7(9)10(8)17-18/h2-6H,1H3. The van der Waals surface area contributed by atoms with Crippen molar-refractivity contribution in [1.29, 1.82) is 0 Å². The average Bonchev–Trinajstić information content (AvgIpc) is 2.65. The molecular weight excluding hydrogens is 243 g/mol. The number of benzene rings is 1. The Morgan fingerprint density at radius 1 is 1.11 bits per heavy atom. The van der Waals surface area contributed by atoms with Gasteiger partial charge in [-0.05, 0) is 6.07 Å². The summed E-state index contributed by atoms with van der Waals surface area (Å²) in [6.45, 7) is 0. The summed E-state index contributed by atoms with van der Waals surface area (Å²) in [5.41, 5.74) is 0.197. The Balaban J connectivity index is 2.49. The first-order chi connectivity index (χ1) is 8.48. The lowest BCUT2D eigenvalue weighted by molar-refractivity contribution is -0.142. The van der Waals surface area contributed by atoms with Crippen LogP contribution in [-0.4, -0.2) is 14.8 Å². The van der Waals surface area contributed by atoms with Crippen LogP contribution in [-0.2, 0) is 13.2 Å². The van der Waals surface area contributed by atoms with Crippen molar-refractivity contribution in [2.45, 2.75) is 6.18 Å². The molecule has 3 nitrogen and oxygen atoms in total. The van der Waals surface area contributed by atoms with E-state index in [1.54, 1.807) is 24.3 Å². The van der Waals surface area contributed by atoms with Crippen LogP contribution in [0.4, 0.5) is 13.2 Å². The number of hydrogen-bond donors (Lipinski definition) is 0. The lowest BCUT2D eigenvalue weighted by Gasteiger charge is -2.06. The molecule has 92 valence electrons. The topological polar surface area (TPSA) is 30.7 Å². The Morgan fingerprint density at radius 2 is 1.83 bits per heavy atom. The summed E-state index contributed by atoms with van der Waals surface area (Å²) < 4.78 is 39.6. The highest BCUT2D eigenvalue weighted by Crippen LogP contribution is 2.35. The number of fused-ring (bicyclic) bond motifs is 3. The molecule has 0 atom stereocenters. The number of nitrogens with zero attached hydrogens (tertiary/aromatic N) is 3. The van der Waals surface area contributed by atoms with Gasteiger partial charge in [0.15, 0.2) is 5.69 Å². The van der Waals surface area contributed by atoms with Crippen LogP contribution in [0.25, 0.3) is 21.8 Å². The summed E-state index contributed by atoms with van der Waals surface area (Å²) in [5.74, 6) is 0. The smallest absolute Gasteiger partial charge is 0.262 e. The Kier molecular flexibility index (Phi) is 2.10. The molecule has 0 fully saturated rings. The van der Waals surface area contributed by atoms with E-state index in [1.807, 2.05) is 0 Å². The molecule has 0 radical (unpaired) electrons. The Bertz CT molecular complexity index is 743. The minimum atomic E-state index is -4.44. The first kappa shape index (κ1) is 11.0. The van der Waals surface area contributed by atoms with Gasteiger partial charge in [-0.15, -0.1) is 0 Å². The Labute approximate surface area is 99.8 Å². The number of para-hydroxylation sites is 1. The molecule has 0 saturated heterocycles. The lowest BCUT2D eigenvalue weighted by Crippen LogP contribution is -2.11. The largest absolute Gasteiger partial charge is 0.433 e. The number of halogens is 3.